The van der Waals surface area contributed by atoms with Crippen molar-refractivity contribution in [3.63, 3.8) is 0 Å². The average molecular weight is 658 g/mol. The summed E-state index contributed by atoms with van der Waals surface area (Å²) in [6, 6.07) is 3.37. The quantitative estimate of drug-likeness (QED) is 0.262. The molecule has 1 aliphatic heterocycles. The van der Waals surface area contributed by atoms with Gasteiger partial charge in [-0.1, -0.05) is 6.92 Å². The van der Waals surface area contributed by atoms with E-state index in [0.717, 1.165) is 31.0 Å². The number of nitrogens with zero attached hydrogens (tertiary/aromatic N) is 6. The van der Waals surface area contributed by atoms with Gasteiger partial charge in [-0.3, -0.25) is 15.2 Å². The van der Waals surface area contributed by atoms with Gasteiger partial charge in [0.25, 0.3) is 5.92 Å². The Labute approximate surface area is 271 Å². The minimum absolute atomic E-state index is 0.0441. The second-order valence-corrected chi connectivity index (χ2v) is 13.0. The Morgan fingerprint density at radius 2 is 1.70 bits per heavy atom. The summed E-state index contributed by atoms with van der Waals surface area (Å²) >= 11 is 0. The molecule has 1 unspecified atom stereocenters. The monoisotopic (exact) mass is 657 g/mol. The van der Waals surface area contributed by atoms with Crippen molar-refractivity contribution in [2.75, 3.05) is 11.4 Å². The van der Waals surface area contributed by atoms with E-state index in [1.807, 2.05) is 18.0 Å². The molecule has 1 amide bonds. The second kappa shape index (κ2) is 13.5. The fourth-order valence-electron chi connectivity index (χ4n) is 6.43. The van der Waals surface area contributed by atoms with E-state index in [2.05, 4.69) is 15.1 Å². The molecule has 1 aromatic carbocycles. The van der Waals surface area contributed by atoms with Crippen LogP contribution < -0.4 is 10.6 Å². The van der Waals surface area contributed by atoms with E-state index in [9.17, 15) is 27.9 Å². The van der Waals surface area contributed by atoms with Gasteiger partial charge < -0.3 is 19.6 Å². The van der Waals surface area contributed by atoms with Crippen LogP contribution in [0.15, 0.2) is 43.0 Å². The van der Waals surface area contributed by atoms with Gasteiger partial charge in [0.2, 0.25) is 5.95 Å². The molecular weight excluding hydrogens is 615 g/mol. The number of carboxylic acid groups (broad SMARTS) is 1. The highest BCUT2D eigenvalue weighted by Crippen LogP contribution is 2.35. The van der Waals surface area contributed by atoms with Gasteiger partial charge >= 0.3 is 12.1 Å². The molecule has 11 nitrogen and oxygen atoms in total. The summed E-state index contributed by atoms with van der Waals surface area (Å²) in [6.07, 6.45) is 9.01. The van der Waals surface area contributed by atoms with E-state index >= 15 is 0 Å². The van der Waals surface area contributed by atoms with Crippen LogP contribution in [0.5, 0.6) is 0 Å². The minimum Gasteiger partial charge on any atom is -0.481 e. The number of alkyl halides is 3. The van der Waals surface area contributed by atoms with Gasteiger partial charge in [-0.05, 0) is 69.2 Å². The van der Waals surface area contributed by atoms with Crippen molar-refractivity contribution in [2.45, 2.75) is 95.7 Å². The average Bonchev–Trinajstić information content (AvgIpc) is 3.66. The summed E-state index contributed by atoms with van der Waals surface area (Å²) in [5, 5.41) is 13.5. The summed E-state index contributed by atoms with van der Waals surface area (Å²) in [6.45, 7) is 4.13. The molecule has 1 saturated heterocycles. The SMILES string of the molecule is CC[C@@H]1C[C@H](N(Cc2cc(C(C)(N)F)cc(C(C)(F)F)c2)c2ncc(-c3cnn(C)c3)cn2)CN1C(=O)OC1CCC(C(=O)O)CC1. The molecule has 2 fully saturated rings. The molecule has 14 heteroatoms. The van der Waals surface area contributed by atoms with Gasteiger partial charge in [0, 0.05) is 73.9 Å². The fraction of sp³-hybridized carbons (Fsp3) is 0.545. The number of likely N-dealkylation sites (tertiary alicyclic amines) is 1. The Balaban J connectivity index is 1.44. The van der Waals surface area contributed by atoms with Crippen LogP contribution in [0.3, 0.4) is 0 Å². The van der Waals surface area contributed by atoms with Gasteiger partial charge in [-0.25, -0.2) is 27.9 Å². The zero-order valence-electron chi connectivity index (χ0n) is 27.1. The fourth-order valence-corrected chi connectivity index (χ4v) is 6.43. The predicted octanol–water partition coefficient (Wildman–Crippen LogP) is 5.73. The van der Waals surface area contributed by atoms with Crippen molar-refractivity contribution in [1.82, 2.24) is 24.6 Å². The van der Waals surface area contributed by atoms with Gasteiger partial charge in [-0.2, -0.15) is 5.10 Å². The Kier molecular flexibility index (Phi) is 9.81. The van der Waals surface area contributed by atoms with Crippen LogP contribution in [0.4, 0.5) is 23.9 Å². The molecule has 3 heterocycles. The van der Waals surface area contributed by atoms with Gasteiger partial charge in [0.1, 0.15) is 6.10 Å². The first-order chi connectivity index (χ1) is 22.1. The number of carbonyl (C=O) groups is 2. The van der Waals surface area contributed by atoms with Crippen LogP contribution in [-0.4, -0.2) is 66.5 Å². The van der Waals surface area contributed by atoms with Crippen LogP contribution in [0.25, 0.3) is 11.1 Å². The normalized spacial score (nSPS) is 22.9. The lowest BCUT2D eigenvalue weighted by Gasteiger charge is -2.31. The maximum Gasteiger partial charge on any atom is 0.410 e. The number of aliphatic carboxylic acids is 1. The number of ether oxygens (including phenoxy) is 1. The molecule has 1 aliphatic carbocycles. The molecule has 5 rings (SSSR count). The molecule has 3 N–H and O–H groups in total. The molecule has 1 saturated carbocycles. The van der Waals surface area contributed by atoms with E-state index in [0.29, 0.717) is 50.0 Å². The molecule has 3 atom stereocenters. The van der Waals surface area contributed by atoms with E-state index < -0.39 is 29.7 Å². The first-order valence-corrected chi connectivity index (χ1v) is 15.9. The van der Waals surface area contributed by atoms with Crippen molar-refractivity contribution in [1.29, 1.82) is 0 Å². The van der Waals surface area contributed by atoms with E-state index in [1.54, 1.807) is 35.2 Å². The Morgan fingerprint density at radius 1 is 1.04 bits per heavy atom. The Hall–Kier alpha value is -4.20. The number of hydrogen-bond acceptors (Lipinski definition) is 8. The standard InChI is InChI=1S/C33H42F3N7O4/c1-5-26-13-27(19-43(26)31(46)47-28-8-6-21(7-9-28)29(44)45)42(30-38-14-22(15-39-30)23-16-40-41(4)18-23)17-20-10-24(32(2,34)35)12-25(11-20)33(3,36)37/h10-12,14-16,18,21,26-28H,5-9,13,17,19,37H2,1-4H3,(H,44,45)/t21?,26-,27+,28?,33?/m1/s1. The van der Waals surface area contributed by atoms with Crippen molar-refractivity contribution < 1.29 is 32.6 Å². The van der Waals surface area contributed by atoms with Crippen molar-refractivity contribution in [3.8, 4) is 11.1 Å². The lowest BCUT2D eigenvalue weighted by molar-refractivity contribution is -0.143. The smallest absolute Gasteiger partial charge is 0.410 e. The highest BCUT2D eigenvalue weighted by molar-refractivity contribution is 5.70. The molecule has 2 aromatic heterocycles. The van der Waals surface area contributed by atoms with Crippen LogP contribution in [0, 0.1) is 5.92 Å². The highest BCUT2D eigenvalue weighted by atomic mass is 19.3. The molecule has 2 aliphatic rings. The van der Waals surface area contributed by atoms with Gasteiger partial charge in [0.15, 0.2) is 5.79 Å². The predicted molar refractivity (Wildman–Crippen MR) is 168 cm³/mol. The third-order valence-electron chi connectivity index (χ3n) is 9.18. The number of aromatic nitrogens is 4. The first-order valence-electron chi connectivity index (χ1n) is 15.9. The number of carbonyl (C=O) groups excluding carboxylic acids is 1. The number of halogens is 3. The molecule has 47 heavy (non-hydrogen) atoms. The van der Waals surface area contributed by atoms with Crippen LogP contribution >= 0.6 is 0 Å². The Bertz CT molecular complexity index is 1530. The summed E-state index contributed by atoms with van der Waals surface area (Å²) in [4.78, 5) is 37.6. The Morgan fingerprint density at radius 3 is 2.26 bits per heavy atom. The number of nitrogens with two attached hydrogens (primary N) is 1. The second-order valence-electron chi connectivity index (χ2n) is 13.0. The molecule has 254 valence electrons. The van der Waals surface area contributed by atoms with Crippen molar-refractivity contribution >= 4 is 18.0 Å². The first kappa shape index (κ1) is 34.1. The number of carboxylic acids is 1. The third kappa shape index (κ3) is 8.03. The van der Waals surface area contributed by atoms with Crippen LogP contribution in [0.1, 0.15) is 76.0 Å². The number of rotatable bonds is 10. The third-order valence-corrected chi connectivity index (χ3v) is 9.18. The van der Waals surface area contributed by atoms with E-state index in [4.69, 9.17) is 10.5 Å². The maximum atomic E-state index is 14.9. The number of amides is 1. The van der Waals surface area contributed by atoms with Crippen molar-refractivity contribution in [2.24, 2.45) is 18.7 Å². The highest BCUT2D eigenvalue weighted by Gasteiger charge is 2.40. The van der Waals surface area contributed by atoms with E-state index in [-0.39, 0.29) is 42.4 Å². The molecule has 0 radical (unpaired) electrons. The molecule has 0 bridgehead atoms. The zero-order valence-corrected chi connectivity index (χ0v) is 27.1. The lowest BCUT2D eigenvalue weighted by atomic mass is 9.87. The number of aryl methyl sites for hydroxylation is 1. The van der Waals surface area contributed by atoms with Gasteiger partial charge in [-0.15, -0.1) is 0 Å². The van der Waals surface area contributed by atoms with Crippen molar-refractivity contribution in [3.05, 3.63) is 59.7 Å². The van der Waals surface area contributed by atoms with Crippen LogP contribution in [0.2, 0.25) is 0 Å². The topological polar surface area (TPSA) is 140 Å². The summed E-state index contributed by atoms with van der Waals surface area (Å²) in [5.74, 6) is -6.54. The minimum atomic E-state index is -3.24. The molecule has 0 spiro atoms. The number of hydrogen-bond donors (Lipinski definition) is 2. The summed E-state index contributed by atoms with van der Waals surface area (Å²) < 4.78 is 51.6. The number of benzene rings is 1. The largest absolute Gasteiger partial charge is 0.481 e. The van der Waals surface area contributed by atoms with Crippen LogP contribution in [-0.2, 0) is 34.8 Å². The molecule has 3 aromatic rings. The summed E-state index contributed by atoms with van der Waals surface area (Å²) in [7, 11) is 1.80. The molecular formula is C33H42F3N7O4. The lowest BCUT2D eigenvalue weighted by Crippen LogP contribution is -2.42. The zero-order chi connectivity index (χ0) is 34.1. The van der Waals surface area contributed by atoms with E-state index in [1.165, 1.54) is 12.1 Å². The number of anilines is 1. The van der Waals surface area contributed by atoms with Gasteiger partial charge in [0.05, 0.1) is 18.2 Å². The summed E-state index contributed by atoms with van der Waals surface area (Å²) in [5.41, 5.74) is 7.20. The maximum absolute atomic E-state index is 14.9.